The zero-order valence-corrected chi connectivity index (χ0v) is 27.7. The number of nitrogens with one attached hydrogen (secondary N) is 2. The first kappa shape index (κ1) is 28.3. The second-order valence-electron chi connectivity index (χ2n) is 12.9. The van der Waals surface area contributed by atoms with Gasteiger partial charge in [0.15, 0.2) is 0 Å². The minimum Gasteiger partial charge on any atom is -0.354 e. The highest BCUT2D eigenvalue weighted by Crippen LogP contribution is 2.48. The number of hydrogen-bond acceptors (Lipinski definition) is 0. The molecule has 0 saturated carbocycles. The van der Waals surface area contributed by atoms with E-state index < -0.39 is 20.1 Å². The zero-order chi connectivity index (χ0) is 30.6. The van der Waals surface area contributed by atoms with Gasteiger partial charge < -0.3 is 9.97 Å². The lowest BCUT2D eigenvalue weighted by Gasteiger charge is -2.15. The lowest BCUT2D eigenvalue weighted by Crippen LogP contribution is -1.90. The third kappa shape index (κ3) is 5.26. The second-order valence-corrected chi connectivity index (χ2v) is 20.6. The molecule has 44 heavy (non-hydrogen) atoms. The Hall–Kier alpha value is -4.48. The van der Waals surface area contributed by atoms with E-state index in [4.69, 9.17) is 0 Å². The van der Waals surface area contributed by atoms with Crippen LogP contribution in [0.25, 0.3) is 65.9 Å². The Morgan fingerprint density at radius 2 is 0.818 bits per heavy atom. The zero-order valence-electron chi connectivity index (χ0n) is 26.1. The Bertz CT molecular complexity index is 2160. The fourth-order valence-corrected chi connectivity index (χ4v) is 6.72. The number of para-hydroxylation sites is 2. The molecule has 2 nitrogen and oxygen atoms in total. The third-order valence-corrected chi connectivity index (χ3v) is 9.19. The van der Waals surface area contributed by atoms with E-state index in [0.717, 1.165) is 33.2 Å². The molecule has 0 aliphatic rings. The van der Waals surface area contributed by atoms with Gasteiger partial charge in [-0.3, -0.25) is 0 Å². The molecule has 0 bridgehead atoms. The van der Waals surface area contributed by atoms with Crippen LogP contribution in [0.1, 0.15) is 11.1 Å². The Kier molecular flexibility index (Phi) is 6.82. The highest BCUT2D eigenvalue weighted by molar-refractivity contribution is 8.36. The maximum Gasteiger partial charge on any atom is 0.0558 e. The summed E-state index contributed by atoms with van der Waals surface area (Å²) in [5, 5.41) is 11.8. The van der Waals surface area contributed by atoms with Crippen molar-refractivity contribution in [1.29, 1.82) is 0 Å². The SMILES string of the molecule is CS(C)(C)C#Cc1ccc(-c2c3[nH]c4ccccc4c3c(-c3ccc(C#CS(C)(C)C)cc3)c3[nH]c4ccccc4c23)cc1. The van der Waals surface area contributed by atoms with Gasteiger partial charge in [-0.1, -0.05) is 72.5 Å². The second kappa shape index (κ2) is 10.6. The molecule has 0 unspecified atom stereocenters. The maximum absolute atomic E-state index is 3.85. The molecule has 0 aliphatic heterocycles. The summed E-state index contributed by atoms with van der Waals surface area (Å²) in [5.74, 6) is 6.80. The normalized spacial score (nSPS) is 12.7. The number of hydrogen-bond donors (Lipinski definition) is 2. The minimum absolute atomic E-state index is 0.894. The summed E-state index contributed by atoms with van der Waals surface area (Å²) in [6.45, 7) is 0. The van der Waals surface area contributed by atoms with E-state index >= 15 is 0 Å². The molecular formula is C40H36N2S2. The summed E-state index contributed by atoms with van der Waals surface area (Å²) in [4.78, 5) is 7.70. The molecular weight excluding hydrogens is 573 g/mol. The van der Waals surface area contributed by atoms with Crippen molar-refractivity contribution in [2.45, 2.75) is 0 Å². The summed E-state index contributed by atoms with van der Waals surface area (Å²) in [6, 6.07) is 34.9. The molecule has 0 spiro atoms. The van der Waals surface area contributed by atoms with Gasteiger partial charge in [-0.15, -0.1) is 0 Å². The number of H-pyrrole nitrogens is 2. The summed E-state index contributed by atoms with van der Waals surface area (Å²) in [6.07, 6.45) is 13.4. The Labute approximate surface area is 262 Å². The highest BCUT2D eigenvalue weighted by Gasteiger charge is 2.23. The maximum atomic E-state index is 3.85. The molecule has 218 valence electrons. The van der Waals surface area contributed by atoms with Crippen molar-refractivity contribution in [1.82, 2.24) is 9.97 Å². The molecule has 0 saturated heterocycles. The first-order valence-electron chi connectivity index (χ1n) is 14.7. The van der Waals surface area contributed by atoms with Crippen molar-refractivity contribution < 1.29 is 0 Å². The Morgan fingerprint density at radius 1 is 0.455 bits per heavy atom. The quantitative estimate of drug-likeness (QED) is 0.183. The third-order valence-electron chi connectivity index (χ3n) is 7.76. The average Bonchev–Trinajstić information content (AvgIpc) is 3.57. The van der Waals surface area contributed by atoms with E-state index in [2.05, 4.69) is 167 Å². The van der Waals surface area contributed by atoms with Crippen LogP contribution in [-0.2, 0) is 0 Å². The van der Waals surface area contributed by atoms with E-state index in [0.29, 0.717) is 0 Å². The van der Waals surface area contributed by atoms with Crippen LogP contribution < -0.4 is 0 Å². The molecule has 0 radical (unpaired) electrons. The molecule has 7 rings (SSSR count). The molecule has 0 fully saturated rings. The van der Waals surface area contributed by atoms with E-state index in [-0.39, 0.29) is 0 Å². The first-order chi connectivity index (χ1) is 21.1. The van der Waals surface area contributed by atoms with Crippen LogP contribution >= 0.6 is 20.1 Å². The van der Waals surface area contributed by atoms with Crippen molar-refractivity contribution >= 4 is 63.7 Å². The highest BCUT2D eigenvalue weighted by atomic mass is 32.3. The van der Waals surface area contributed by atoms with Gasteiger partial charge in [0.05, 0.1) is 11.0 Å². The van der Waals surface area contributed by atoms with Crippen LogP contribution in [0.2, 0.25) is 0 Å². The van der Waals surface area contributed by atoms with E-state index in [1.54, 1.807) is 0 Å². The predicted octanol–water partition coefficient (Wildman–Crippen LogP) is 10.3. The molecule has 2 heterocycles. The van der Waals surface area contributed by atoms with E-state index in [9.17, 15) is 0 Å². The van der Waals surface area contributed by atoms with Crippen LogP contribution in [0, 0.1) is 22.3 Å². The monoisotopic (exact) mass is 608 g/mol. The average molecular weight is 609 g/mol. The Morgan fingerprint density at radius 3 is 1.18 bits per heavy atom. The minimum atomic E-state index is -0.894. The summed E-state index contributed by atoms with van der Waals surface area (Å²) in [7, 11) is -1.79. The van der Waals surface area contributed by atoms with E-state index in [1.165, 1.54) is 43.8 Å². The summed E-state index contributed by atoms with van der Waals surface area (Å²) >= 11 is 0. The van der Waals surface area contributed by atoms with Gasteiger partial charge in [0.2, 0.25) is 0 Å². The van der Waals surface area contributed by atoms with Crippen LogP contribution in [-0.4, -0.2) is 47.5 Å². The lowest BCUT2D eigenvalue weighted by molar-refractivity contribution is 1.52. The van der Waals surface area contributed by atoms with Crippen molar-refractivity contribution in [3.63, 3.8) is 0 Å². The van der Waals surface area contributed by atoms with Gasteiger partial charge in [-0.05, 0) is 95.6 Å². The lowest BCUT2D eigenvalue weighted by atomic mass is 9.89. The predicted molar refractivity (Wildman–Crippen MR) is 201 cm³/mol. The fourth-order valence-electron chi connectivity index (χ4n) is 5.87. The van der Waals surface area contributed by atoms with Crippen LogP contribution in [0.15, 0.2) is 97.1 Å². The van der Waals surface area contributed by atoms with Crippen molar-refractivity contribution in [3.8, 4) is 44.6 Å². The standard InChI is InChI=1S/C40H36N2S2/c1-43(2,3)25-23-27-15-19-29(20-16-27)35-37-31-11-7-9-13-33(31)42-40(37)36(38-32-12-8-10-14-34(32)41-39(35)38)30-21-17-28(18-22-30)24-26-44(4,5)6/h7-22,41-42H,1-6H3. The van der Waals surface area contributed by atoms with Crippen LogP contribution in [0.5, 0.6) is 0 Å². The Balaban J connectivity index is 1.55. The van der Waals surface area contributed by atoms with Crippen molar-refractivity contribution in [2.75, 3.05) is 37.5 Å². The van der Waals surface area contributed by atoms with Crippen LogP contribution in [0.3, 0.4) is 0 Å². The number of fused-ring (bicyclic) bond motifs is 6. The van der Waals surface area contributed by atoms with Gasteiger partial charge in [-0.2, -0.15) is 20.1 Å². The van der Waals surface area contributed by atoms with Gasteiger partial charge in [-0.25, -0.2) is 0 Å². The summed E-state index contributed by atoms with van der Waals surface area (Å²) in [5.41, 5.74) is 11.4. The molecule has 0 amide bonds. The topological polar surface area (TPSA) is 31.6 Å². The van der Waals surface area contributed by atoms with Gasteiger partial charge in [0.25, 0.3) is 0 Å². The largest absolute Gasteiger partial charge is 0.354 e. The van der Waals surface area contributed by atoms with Gasteiger partial charge >= 0.3 is 0 Å². The number of rotatable bonds is 2. The number of aromatic amines is 2. The van der Waals surface area contributed by atoms with E-state index in [1.807, 2.05) is 0 Å². The molecule has 2 N–H and O–H groups in total. The number of benzene rings is 5. The summed E-state index contributed by atoms with van der Waals surface area (Å²) < 4.78 is 0. The number of aromatic nitrogens is 2. The first-order valence-corrected chi connectivity index (χ1v) is 20.4. The molecule has 2 aromatic heterocycles. The van der Waals surface area contributed by atoms with Crippen LogP contribution in [0.4, 0.5) is 0 Å². The molecule has 7 aromatic rings. The molecule has 4 heteroatoms. The molecule has 0 aliphatic carbocycles. The molecule has 0 atom stereocenters. The molecule has 5 aromatic carbocycles. The van der Waals surface area contributed by atoms with Gasteiger partial charge in [0.1, 0.15) is 0 Å². The van der Waals surface area contributed by atoms with Crippen molar-refractivity contribution in [2.24, 2.45) is 0 Å². The smallest absolute Gasteiger partial charge is 0.0558 e. The van der Waals surface area contributed by atoms with Crippen molar-refractivity contribution in [3.05, 3.63) is 108 Å². The fraction of sp³-hybridized carbons (Fsp3) is 0.150. The van der Waals surface area contributed by atoms with Gasteiger partial charge in [0, 0.05) is 54.8 Å².